The first-order valence-corrected chi connectivity index (χ1v) is 13.4. The van der Waals surface area contributed by atoms with E-state index >= 15 is 0 Å². The molecule has 0 saturated carbocycles. The van der Waals surface area contributed by atoms with Crippen LogP contribution in [-0.2, 0) is 19.6 Å². The molecule has 0 fully saturated rings. The van der Waals surface area contributed by atoms with Crippen molar-refractivity contribution in [2.45, 2.75) is 32.6 Å². The molecule has 3 aromatic heterocycles. The summed E-state index contributed by atoms with van der Waals surface area (Å²) in [6.07, 6.45) is 1.65. The van der Waals surface area contributed by atoms with E-state index < -0.39 is 6.04 Å². The van der Waals surface area contributed by atoms with Crippen molar-refractivity contribution in [1.82, 2.24) is 30.1 Å². The predicted molar refractivity (Wildman–Crippen MR) is 155 cm³/mol. The molecule has 6 aromatic rings. The number of nitrogens with one attached hydrogen (secondary N) is 1. The predicted octanol–water partition coefficient (Wildman–Crippen LogP) is 5.26. The molecule has 1 unspecified atom stereocenters. The third-order valence-electron chi connectivity index (χ3n) is 7.15. The van der Waals surface area contributed by atoms with Crippen LogP contribution < -0.4 is 10.3 Å². The van der Waals surface area contributed by atoms with Crippen molar-refractivity contribution in [3.8, 4) is 5.75 Å². The second kappa shape index (κ2) is 11.6. The lowest BCUT2D eigenvalue weighted by Gasteiger charge is -2.30. The number of benzene rings is 3. The summed E-state index contributed by atoms with van der Waals surface area (Å²) in [6, 6.07) is 29.1. The summed E-state index contributed by atoms with van der Waals surface area (Å²) in [4.78, 5) is 19.0. The minimum absolute atomic E-state index is 0.195. The Labute approximate surface area is 237 Å². The van der Waals surface area contributed by atoms with Crippen molar-refractivity contribution < 1.29 is 9.15 Å². The summed E-state index contributed by atoms with van der Waals surface area (Å²) in [5.41, 5.74) is 4.33. The molecule has 0 spiro atoms. The Balaban J connectivity index is 1.51. The lowest BCUT2D eigenvalue weighted by atomic mass is 10.0. The number of hydrogen-bond acceptors (Lipinski definition) is 7. The number of aryl methyl sites for hydroxylation is 1. The van der Waals surface area contributed by atoms with Crippen molar-refractivity contribution in [1.29, 1.82) is 0 Å². The normalized spacial score (nSPS) is 12.2. The van der Waals surface area contributed by atoms with Gasteiger partial charge in [0.2, 0.25) is 0 Å². The van der Waals surface area contributed by atoms with Gasteiger partial charge in [-0.25, -0.2) is 4.68 Å². The highest BCUT2D eigenvalue weighted by Gasteiger charge is 2.31. The Hall–Kier alpha value is -5.02. The Morgan fingerprint density at radius 2 is 1.78 bits per heavy atom. The molecule has 41 heavy (non-hydrogen) atoms. The van der Waals surface area contributed by atoms with Gasteiger partial charge in [-0.1, -0.05) is 54.1 Å². The lowest BCUT2D eigenvalue weighted by molar-refractivity contribution is 0.179. The molecular weight excluding hydrogens is 516 g/mol. The van der Waals surface area contributed by atoms with Gasteiger partial charge in [0.25, 0.3) is 5.56 Å². The van der Waals surface area contributed by atoms with Gasteiger partial charge in [-0.2, -0.15) is 0 Å². The number of fused-ring (bicyclic) bond motifs is 1. The van der Waals surface area contributed by atoms with Gasteiger partial charge in [-0.3, -0.25) is 9.69 Å². The van der Waals surface area contributed by atoms with Crippen molar-refractivity contribution in [2.24, 2.45) is 0 Å². The van der Waals surface area contributed by atoms with E-state index in [0.717, 1.165) is 39.1 Å². The van der Waals surface area contributed by atoms with Gasteiger partial charge in [-0.15, -0.1) is 5.10 Å². The summed E-state index contributed by atoms with van der Waals surface area (Å²) in [5.74, 6) is 2.10. The molecule has 206 valence electrons. The number of hydrogen-bond donors (Lipinski definition) is 1. The molecule has 9 heteroatoms. The topological polar surface area (TPSA) is 102 Å². The summed E-state index contributed by atoms with van der Waals surface area (Å²) in [6.45, 7) is 3.42. The molecule has 1 atom stereocenters. The maximum atomic E-state index is 13.8. The number of aromatic nitrogens is 5. The summed E-state index contributed by atoms with van der Waals surface area (Å²) >= 11 is 0. The van der Waals surface area contributed by atoms with Crippen LogP contribution in [0.15, 0.2) is 106 Å². The highest BCUT2D eigenvalue weighted by Crippen LogP contribution is 2.31. The van der Waals surface area contributed by atoms with Crippen LogP contribution >= 0.6 is 0 Å². The van der Waals surface area contributed by atoms with Crippen LogP contribution in [-0.4, -0.2) is 37.2 Å². The van der Waals surface area contributed by atoms with Gasteiger partial charge in [0, 0.05) is 17.6 Å². The van der Waals surface area contributed by atoms with Crippen molar-refractivity contribution >= 4 is 10.9 Å². The van der Waals surface area contributed by atoms with Crippen LogP contribution in [0.4, 0.5) is 0 Å². The molecule has 0 aliphatic heterocycles. The standard InChI is InChI=1S/C32H30N6O3/c1-22-10-15-29-25(17-22)18-28(32(39)33-29)30(31-34-35-36-38(31)20-23-7-4-3-5-8-23)37(21-27-9-6-16-41-27)19-24-11-13-26(40-2)14-12-24/h3-18,30H,19-21H2,1-2H3,(H,33,39). The summed E-state index contributed by atoms with van der Waals surface area (Å²) in [7, 11) is 1.65. The monoisotopic (exact) mass is 546 g/mol. The van der Waals surface area contributed by atoms with Crippen LogP contribution in [0.2, 0.25) is 0 Å². The maximum absolute atomic E-state index is 13.8. The van der Waals surface area contributed by atoms with Crippen molar-refractivity contribution in [3.05, 3.63) is 141 Å². The van der Waals surface area contributed by atoms with Gasteiger partial charge in [0.15, 0.2) is 5.82 Å². The fourth-order valence-corrected chi connectivity index (χ4v) is 5.13. The first kappa shape index (κ1) is 26.2. The van der Waals surface area contributed by atoms with Crippen LogP contribution in [0.5, 0.6) is 5.75 Å². The smallest absolute Gasteiger partial charge is 0.253 e. The molecule has 0 bridgehead atoms. The molecule has 3 heterocycles. The van der Waals surface area contributed by atoms with E-state index in [-0.39, 0.29) is 5.56 Å². The Morgan fingerprint density at radius 1 is 0.951 bits per heavy atom. The SMILES string of the molecule is COc1ccc(CN(Cc2ccco2)C(c2cc3cc(C)ccc3[nH]c2=O)c2nnnn2Cc2ccccc2)cc1. The number of tetrazole rings is 1. The molecule has 3 aromatic carbocycles. The maximum Gasteiger partial charge on any atom is 0.253 e. The first-order valence-electron chi connectivity index (χ1n) is 13.4. The van der Waals surface area contributed by atoms with E-state index in [1.165, 1.54) is 0 Å². The average molecular weight is 547 g/mol. The number of nitrogens with zero attached hydrogens (tertiary/aromatic N) is 5. The van der Waals surface area contributed by atoms with Gasteiger partial charge in [-0.05, 0) is 76.3 Å². The fraction of sp³-hybridized carbons (Fsp3) is 0.188. The van der Waals surface area contributed by atoms with Crippen LogP contribution in [0.25, 0.3) is 10.9 Å². The van der Waals surface area contributed by atoms with E-state index in [1.54, 1.807) is 18.1 Å². The van der Waals surface area contributed by atoms with Crippen molar-refractivity contribution in [2.75, 3.05) is 7.11 Å². The number of H-pyrrole nitrogens is 1. The van der Waals surface area contributed by atoms with Gasteiger partial charge in [0.05, 0.1) is 26.5 Å². The van der Waals surface area contributed by atoms with Gasteiger partial charge in [0.1, 0.15) is 17.6 Å². The molecule has 0 saturated heterocycles. The Kier molecular flexibility index (Phi) is 7.42. The van der Waals surface area contributed by atoms with Crippen LogP contribution in [0.3, 0.4) is 0 Å². The van der Waals surface area contributed by atoms with Gasteiger partial charge < -0.3 is 14.1 Å². The van der Waals surface area contributed by atoms with E-state index in [2.05, 4.69) is 31.5 Å². The van der Waals surface area contributed by atoms with E-state index in [9.17, 15) is 4.79 Å². The molecule has 0 aliphatic rings. The second-order valence-corrected chi connectivity index (χ2v) is 10.1. The molecule has 0 radical (unpaired) electrons. The minimum Gasteiger partial charge on any atom is -0.497 e. The summed E-state index contributed by atoms with van der Waals surface area (Å²) < 4.78 is 12.9. The zero-order chi connectivity index (χ0) is 28.2. The van der Waals surface area contributed by atoms with Crippen LogP contribution in [0, 0.1) is 6.92 Å². The number of aromatic amines is 1. The number of ether oxygens (including phenoxy) is 1. The molecule has 6 rings (SSSR count). The number of methoxy groups -OCH3 is 1. The van der Waals surface area contributed by atoms with E-state index in [1.807, 2.05) is 91.9 Å². The first-order chi connectivity index (χ1) is 20.1. The zero-order valence-corrected chi connectivity index (χ0v) is 22.9. The minimum atomic E-state index is -0.588. The Morgan fingerprint density at radius 3 is 2.54 bits per heavy atom. The lowest BCUT2D eigenvalue weighted by Crippen LogP contribution is -2.34. The molecule has 0 amide bonds. The fourth-order valence-electron chi connectivity index (χ4n) is 5.13. The molecule has 1 N–H and O–H groups in total. The highest BCUT2D eigenvalue weighted by atomic mass is 16.5. The molecular formula is C32H30N6O3. The third kappa shape index (κ3) is 5.80. The number of rotatable bonds is 10. The van der Waals surface area contributed by atoms with Crippen molar-refractivity contribution in [3.63, 3.8) is 0 Å². The van der Waals surface area contributed by atoms with Gasteiger partial charge >= 0.3 is 0 Å². The quantitative estimate of drug-likeness (QED) is 0.250. The Bertz CT molecular complexity index is 1790. The second-order valence-electron chi connectivity index (χ2n) is 10.1. The average Bonchev–Trinajstić information content (AvgIpc) is 3.67. The zero-order valence-electron chi connectivity index (χ0n) is 22.9. The highest BCUT2D eigenvalue weighted by molar-refractivity contribution is 5.79. The number of pyridine rings is 1. The van der Waals surface area contributed by atoms with Crippen LogP contribution in [0.1, 0.15) is 39.9 Å². The third-order valence-corrected chi connectivity index (χ3v) is 7.15. The number of furan rings is 1. The molecule has 9 nitrogen and oxygen atoms in total. The van der Waals surface area contributed by atoms with E-state index in [4.69, 9.17) is 9.15 Å². The summed E-state index contributed by atoms with van der Waals surface area (Å²) in [5, 5.41) is 13.9. The van der Waals surface area contributed by atoms with E-state index in [0.29, 0.717) is 31.0 Å². The molecule has 0 aliphatic carbocycles. The largest absolute Gasteiger partial charge is 0.497 e.